The molecule has 11 nitrogen and oxygen atoms in total. The van der Waals surface area contributed by atoms with Gasteiger partial charge in [0.05, 0.1) is 72.1 Å². The van der Waals surface area contributed by atoms with Crippen molar-refractivity contribution in [2.24, 2.45) is 0 Å². The molecular formula is C34H68Na2O11S2. The predicted molar refractivity (Wildman–Crippen MR) is 185 cm³/mol. The van der Waals surface area contributed by atoms with Crippen LogP contribution in [0.15, 0.2) is 0 Å². The molecule has 0 aliphatic heterocycles. The first-order valence-corrected chi connectivity index (χ1v) is 21.6. The first-order valence-electron chi connectivity index (χ1n) is 18.4. The molecule has 0 radical (unpaired) electrons. The molecule has 15 heteroatoms. The van der Waals surface area contributed by atoms with Gasteiger partial charge in [-0.3, -0.25) is 0 Å². The Morgan fingerprint density at radius 2 is 0.755 bits per heavy atom. The smallest absolute Gasteiger partial charge is 0.748 e. The van der Waals surface area contributed by atoms with E-state index in [-0.39, 0.29) is 97.4 Å². The van der Waals surface area contributed by atoms with Gasteiger partial charge in [-0.05, 0) is 25.7 Å². The van der Waals surface area contributed by atoms with Crippen LogP contribution in [0, 0.1) is 0 Å². The van der Waals surface area contributed by atoms with Gasteiger partial charge in [0, 0.05) is 24.7 Å². The molecule has 0 bridgehead atoms. The molecule has 2 atom stereocenters. The van der Waals surface area contributed by atoms with E-state index in [0.29, 0.717) is 39.6 Å². The summed E-state index contributed by atoms with van der Waals surface area (Å²) in [4.78, 5) is 0. The average molecular weight is 763 g/mol. The van der Waals surface area contributed by atoms with E-state index >= 15 is 0 Å². The molecule has 0 aromatic carbocycles. The van der Waals surface area contributed by atoms with Crippen LogP contribution >= 0.6 is 0 Å². The zero-order valence-corrected chi connectivity index (χ0v) is 37.3. The van der Waals surface area contributed by atoms with E-state index in [4.69, 9.17) is 23.7 Å². The first-order chi connectivity index (χ1) is 22.6. The van der Waals surface area contributed by atoms with Crippen LogP contribution in [0.2, 0.25) is 0 Å². The fourth-order valence-corrected chi connectivity index (χ4v) is 6.14. The van der Waals surface area contributed by atoms with Crippen LogP contribution in [-0.2, 0) is 43.9 Å². The predicted octanol–water partition coefficient (Wildman–Crippen LogP) is 0.747. The summed E-state index contributed by atoms with van der Waals surface area (Å²) in [6.07, 6.45) is 21.3. The molecule has 284 valence electrons. The molecule has 0 heterocycles. The van der Waals surface area contributed by atoms with E-state index in [1.807, 2.05) is 0 Å². The first kappa shape index (κ1) is 55.0. The molecule has 0 rings (SSSR count). The molecule has 0 aliphatic carbocycles. The Bertz CT molecular complexity index is 811. The van der Waals surface area contributed by atoms with Gasteiger partial charge in [-0.25, -0.2) is 16.8 Å². The molecular weight excluding hydrogens is 694 g/mol. The third-order valence-electron chi connectivity index (χ3n) is 7.90. The van der Waals surface area contributed by atoms with E-state index in [2.05, 4.69) is 13.8 Å². The zero-order chi connectivity index (χ0) is 34.9. The Morgan fingerprint density at radius 3 is 1.08 bits per heavy atom. The van der Waals surface area contributed by atoms with Crippen molar-refractivity contribution in [3.8, 4) is 0 Å². The molecule has 0 N–H and O–H groups in total. The van der Waals surface area contributed by atoms with Gasteiger partial charge in [0.2, 0.25) is 0 Å². The van der Waals surface area contributed by atoms with Gasteiger partial charge in [0.15, 0.2) is 0 Å². The Hall–Kier alpha value is 1.62. The number of ether oxygens (including phenoxy) is 5. The van der Waals surface area contributed by atoms with Gasteiger partial charge in [-0.15, -0.1) is 0 Å². The summed E-state index contributed by atoms with van der Waals surface area (Å²) in [6.45, 7) is 7.12. The van der Waals surface area contributed by atoms with Crippen molar-refractivity contribution in [2.45, 2.75) is 154 Å². The van der Waals surface area contributed by atoms with Gasteiger partial charge in [0.25, 0.3) is 0 Å². The summed E-state index contributed by atoms with van der Waals surface area (Å²) in [6, 6.07) is 0. The average Bonchev–Trinajstić information content (AvgIpc) is 3.00. The summed E-state index contributed by atoms with van der Waals surface area (Å²) in [7, 11) is -8.47. The molecule has 0 amide bonds. The van der Waals surface area contributed by atoms with Crippen molar-refractivity contribution in [2.75, 3.05) is 64.4 Å². The van der Waals surface area contributed by atoms with Crippen LogP contribution in [0.1, 0.15) is 142 Å². The molecule has 0 saturated heterocycles. The third kappa shape index (κ3) is 45.7. The van der Waals surface area contributed by atoms with Crippen LogP contribution < -0.4 is 59.1 Å². The molecule has 2 unspecified atom stereocenters. The standard InChI is InChI=1S/C34H70O11S2.2Na/c1-3-5-7-9-11-13-15-17-21-33(31-42-23-19-29-46(35,36)37)44-27-25-41-26-28-45-34(32-43-24-20-30-47(38,39)40)22-18-16-14-12-10-8-6-4-2;;/h33-34H,3-32H2,1-2H3,(H,35,36,37)(H,38,39,40);;/q;2*+1/p-2. The monoisotopic (exact) mass is 762 g/mol. The Kier molecular flexibility index (Phi) is 44.1. The van der Waals surface area contributed by atoms with Crippen molar-refractivity contribution < 1.29 is 109 Å². The Morgan fingerprint density at radius 1 is 0.429 bits per heavy atom. The molecule has 0 aromatic heterocycles. The number of hydrogen-bond donors (Lipinski definition) is 0. The van der Waals surface area contributed by atoms with Crippen LogP contribution in [0.3, 0.4) is 0 Å². The minimum atomic E-state index is -4.23. The maximum atomic E-state index is 10.8. The van der Waals surface area contributed by atoms with Crippen LogP contribution in [-0.4, -0.2) is 103 Å². The maximum Gasteiger partial charge on any atom is 1.00 e. The number of rotatable bonds is 38. The van der Waals surface area contributed by atoms with Gasteiger partial charge >= 0.3 is 59.1 Å². The third-order valence-corrected chi connectivity index (χ3v) is 9.47. The molecule has 0 aromatic rings. The minimum Gasteiger partial charge on any atom is -0.748 e. The second-order valence-corrected chi connectivity index (χ2v) is 15.6. The van der Waals surface area contributed by atoms with Crippen molar-refractivity contribution in [3.63, 3.8) is 0 Å². The van der Waals surface area contributed by atoms with Crippen LogP contribution in [0.25, 0.3) is 0 Å². The second kappa shape index (κ2) is 39.3. The number of hydrogen-bond acceptors (Lipinski definition) is 11. The fraction of sp³-hybridized carbons (Fsp3) is 1.00. The zero-order valence-electron chi connectivity index (χ0n) is 31.7. The van der Waals surface area contributed by atoms with E-state index < -0.39 is 31.7 Å². The quantitative estimate of drug-likeness (QED) is 0.0496. The summed E-state index contributed by atoms with van der Waals surface area (Å²) >= 11 is 0. The van der Waals surface area contributed by atoms with E-state index in [1.54, 1.807) is 0 Å². The molecule has 0 fully saturated rings. The molecule has 49 heavy (non-hydrogen) atoms. The van der Waals surface area contributed by atoms with Gasteiger partial charge < -0.3 is 32.8 Å². The fourth-order valence-electron chi connectivity index (χ4n) is 5.20. The topological polar surface area (TPSA) is 161 Å². The normalized spacial score (nSPS) is 13.1. The molecule has 0 saturated carbocycles. The second-order valence-electron chi connectivity index (χ2n) is 12.5. The summed E-state index contributed by atoms with van der Waals surface area (Å²) < 4.78 is 93.9. The summed E-state index contributed by atoms with van der Waals surface area (Å²) in [5, 5.41) is 0. The molecule has 0 aliphatic rings. The Balaban J connectivity index is -0.0000106. The van der Waals surface area contributed by atoms with Gasteiger partial charge in [0.1, 0.15) is 0 Å². The van der Waals surface area contributed by atoms with Crippen LogP contribution in [0.4, 0.5) is 0 Å². The maximum absolute atomic E-state index is 10.8. The van der Waals surface area contributed by atoms with Crippen molar-refractivity contribution >= 4 is 20.2 Å². The van der Waals surface area contributed by atoms with Crippen LogP contribution in [0.5, 0.6) is 0 Å². The number of unbranched alkanes of at least 4 members (excludes halogenated alkanes) is 14. The Labute approximate surface area is 344 Å². The van der Waals surface area contributed by atoms with E-state index in [0.717, 1.165) is 38.5 Å². The van der Waals surface area contributed by atoms with Crippen molar-refractivity contribution in [3.05, 3.63) is 0 Å². The summed E-state index contributed by atoms with van der Waals surface area (Å²) in [5.41, 5.74) is 0. The molecule has 0 spiro atoms. The van der Waals surface area contributed by atoms with Gasteiger partial charge in [-0.2, -0.15) is 0 Å². The van der Waals surface area contributed by atoms with E-state index in [1.165, 1.54) is 77.0 Å². The van der Waals surface area contributed by atoms with Gasteiger partial charge in [-0.1, -0.05) is 117 Å². The van der Waals surface area contributed by atoms with Crippen molar-refractivity contribution in [1.82, 2.24) is 0 Å². The largest absolute Gasteiger partial charge is 1.00 e. The van der Waals surface area contributed by atoms with Crippen molar-refractivity contribution in [1.29, 1.82) is 0 Å². The SMILES string of the molecule is CCCCCCCCCCC(COCCCS(=O)(=O)[O-])OCCOCCOC(CCCCCCCCCC)COCCCS(=O)(=O)[O-].[Na+].[Na+]. The summed E-state index contributed by atoms with van der Waals surface area (Å²) in [5.74, 6) is -0.853. The van der Waals surface area contributed by atoms with E-state index in [9.17, 15) is 25.9 Å². The minimum absolute atomic E-state index is 0.